The second-order valence-corrected chi connectivity index (χ2v) is 10.2. The van der Waals surface area contributed by atoms with E-state index in [1.807, 2.05) is 36.6 Å². The molecular weight excluding hydrogens is 453 g/mol. The molecule has 0 fully saturated rings. The number of carbonyl (C=O) groups is 1. The summed E-state index contributed by atoms with van der Waals surface area (Å²) in [7, 11) is 0. The second-order valence-electron chi connectivity index (χ2n) is 6.64. The fourth-order valence-electron chi connectivity index (χ4n) is 2.86. The Morgan fingerprint density at radius 3 is 2.71 bits per heavy atom. The first kappa shape index (κ1) is 21.8. The average molecular weight is 474 g/mol. The molecule has 2 heterocycles. The van der Waals surface area contributed by atoms with Gasteiger partial charge in [0.2, 0.25) is 5.91 Å². The molecule has 4 aromatic rings. The number of anilines is 1. The molecule has 0 aliphatic carbocycles. The maximum Gasteiger partial charge on any atom is 0.237 e. The van der Waals surface area contributed by atoms with Crippen molar-refractivity contribution in [3.8, 4) is 0 Å². The van der Waals surface area contributed by atoms with E-state index >= 15 is 0 Å². The van der Waals surface area contributed by atoms with Crippen molar-refractivity contribution in [2.45, 2.75) is 40.9 Å². The maximum absolute atomic E-state index is 13.0. The minimum Gasteiger partial charge on any atom is -0.325 e. The highest BCUT2D eigenvalue weighted by molar-refractivity contribution is 8.00. The fraction of sp³-hybridized carbons (Fsp3) is 0.238. The predicted molar refractivity (Wildman–Crippen MR) is 125 cm³/mol. The molecule has 0 saturated carbocycles. The topological polar surface area (TPSA) is 72.7 Å². The van der Waals surface area contributed by atoms with Crippen molar-refractivity contribution < 1.29 is 9.18 Å². The van der Waals surface area contributed by atoms with Crippen LogP contribution in [0, 0.1) is 5.82 Å². The van der Waals surface area contributed by atoms with Crippen molar-refractivity contribution in [1.82, 2.24) is 19.7 Å². The summed E-state index contributed by atoms with van der Waals surface area (Å²) in [5.41, 5.74) is 1.56. The third-order valence-corrected chi connectivity index (χ3v) is 7.73. The van der Waals surface area contributed by atoms with Crippen LogP contribution in [0.1, 0.15) is 19.7 Å². The Kier molecular flexibility index (Phi) is 6.89. The van der Waals surface area contributed by atoms with Crippen LogP contribution in [0.4, 0.5) is 10.1 Å². The first-order valence-corrected chi connectivity index (χ1v) is 12.3. The Bertz CT molecular complexity index is 1160. The quantitative estimate of drug-likeness (QED) is 0.343. The first-order chi connectivity index (χ1) is 15.0. The molecule has 31 heavy (non-hydrogen) atoms. The zero-order valence-corrected chi connectivity index (χ0v) is 19.4. The van der Waals surface area contributed by atoms with Crippen molar-refractivity contribution in [2.75, 3.05) is 5.32 Å². The van der Waals surface area contributed by atoms with Crippen molar-refractivity contribution in [2.24, 2.45) is 0 Å². The van der Waals surface area contributed by atoms with Crippen molar-refractivity contribution >= 4 is 56.7 Å². The first-order valence-electron chi connectivity index (χ1n) is 9.67. The average Bonchev–Trinajstić information content (AvgIpc) is 3.36. The van der Waals surface area contributed by atoms with Gasteiger partial charge in [-0.3, -0.25) is 4.79 Å². The number of para-hydroxylation sites is 1. The lowest BCUT2D eigenvalue weighted by atomic mass is 10.3. The standard InChI is InChI=1S/C21H20FN5OS3/c1-3-27-18(12-29-21-24-16-6-4-5-7-17(16)31-21)25-26-20(27)30-13(2)19(28)23-15-10-8-14(22)9-11-15/h4-11,13H,3,12H2,1-2H3,(H,23,28). The number of fused-ring (bicyclic) bond motifs is 1. The number of hydrogen-bond acceptors (Lipinski definition) is 7. The molecule has 1 N–H and O–H groups in total. The van der Waals surface area contributed by atoms with Crippen LogP contribution in [0.25, 0.3) is 10.2 Å². The molecule has 4 rings (SSSR count). The molecule has 1 unspecified atom stereocenters. The minimum absolute atomic E-state index is 0.173. The van der Waals surface area contributed by atoms with Gasteiger partial charge in [0.05, 0.1) is 21.2 Å². The van der Waals surface area contributed by atoms with Crippen LogP contribution in [0.5, 0.6) is 0 Å². The van der Waals surface area contributed by atoms with Gasteiger partial charge in [-0.05, 0) is 50.2 Å². The number of hydrogen-bond donors (Lipinski definition) is 1. The normalized spacial score (nSPS) is 12.2. The second kappa shape index (κ2) is 9.80. The van der Waals surface area contributed by atoms with Gasteiger partial charge in [-0.15, -0.1) is 21.5 Å². The van der Waals surface area contributed by atoms with E-state index in [4.69, 9.17) is 0 Å². The largest absolute Gasteiger partial charge is 0.325 e. The van der Waals surface area contributed by atoms with Crippen molar-refractivity contribution in [3.63, 3.8) is 0 Å². The number of carbonyl (C=O) groups excluding carboxylic acids is 1. The summed E-state index contributed by atoms with van der Waals surface area (Å²) in [5.74, 6) is 0.984. The summed E-state index contributed by atoms with van der Waals surface area (Å²) in [6, 6.07) is 13.8. The number of nitrogens with zero attached hydrogens (tertiary/aromatic N) is 4. The molecule has 1 atom stereocenters. The van der Waals surface area contributed by atoms with Gasteiger partial charge < -0.3 is 9.88 Å². The lowest BCUT2D eigenvalue weighted by Crippen LogP contribution is -2.23. The van der Waals surface area contributed by atoms with Crippen LogP contribution in [-0.4, -0.2) is 30.9 Å². The van der Waals surface area contributed by atoms with Gasteiger partial charge in [0.25, 0.3) is 0 Å². The van der Waals surface area contributed by atoms with Crippen LogP contribution in [-0.2, 0) is 17.1 Å². The van der Waals surface area contributed by atoms with Gasteiger partial charge >= 0.3 is 0 Å². The molecule has 0 aliphatic heterocycles. The van der Waals surface area contributed by atoms with E-state index in [-0.39, 0.29) is 17.0 Å². The van der Waals surface area contributed by atoms with Gasteiger partial charge in [0, 0.05) is 12.2 Å². The van der Waals surface area contributed by atoms with Crippen molar-refractivity contribution in [1.29, 1.82) is 0 Å². The van der Waals surface area contributed by atoms with Crippen LogP contribution in [0.15, 0.2) is 58.0 Å². The highest BCUT2D eigenvalue weighted by Gasteiger charge is 2.20. The molecule has 2 aromatic heterocycles. The molecule has 1 amide bonds. The minimum atomic E-state index is -0.385. The van der Waals surface area contributed by atoms with Crippen LogP contribution >= 0.6 is 34.9 Å². The lowest BCUT2D eigenvalue weighted by Gasteiger charge is -2.12. The Labute approximate surface area is 191 Å². The smallest absolute Gasteiger partial charge is 0.237 e. The van der Waals surface area contributed by atoms with E-state index in [9.17, 15) is 9.18 Å². The number of thioether (sulfide) groups is 2. The van der Waals surface area contributed by atoms with E-state index in [0.29, 0.717) is 23.1 Å². The maximum atomic E-state index is 13.0. The van der Waals surface area contributed by atoms with E-state index in [0.717, 1.165) is 15.7 Å². The highest BCUT2D eigenvalue weighted by atomic mass is 32.2. The molecule has 0 bridgehead atoms. The number of benzene rings is 2. The summed E-state index contributed by atoms with van der Waals surface area (Å²) in [4.78, 5) is 17.2. The van der Waals surface area contributed by atoms with Gasteiger partial charge in [0.1, 0.15) is 11.6 Å². The Morgan fingerprint density at radius 2 is 1.97 bits per heavy atom. The van der Waals surface area contributed by atoms with E-state index in [1.165, 1.54) is 40.7 Å². The van der Waals surface area contributed by atoms with E-state index in [2.05, 4.69) is 26.6 Å². The number of nitrogens with one attached hydrogen (secondary N) is 1. The Hall–Kier alpha value is -2.43. The SMILES string of the molecule is CCn1c(CSc2nc3ccccc3s2)nnc1SC(C)C(=O)Nc1ccc(F)cc1. The number of halogens is 1. The summed E-state index contributed by atoms with van der Waals surface area (Å²) >= 11 is 4.65. The number of aromatic nitrogens is 4. The summed E-state index contributed by atoms with van der Waals surface area (Å²) in [6.07, 6.45) is 0. The number of thiazole rings is 1. The summed E-state index contributed by atoms with van der Waals surface area (Å²) in [6.45, 7) is 4.55. The number of rotatable bonds is 8. The highest BCUT2D eigenvalue weighted by Crippen LogP contribution is 2.32. The molecule has 0 aliphatic rings. The van der Waals surface area contributed by atoms with Crippen LogP contribution < -0.4 is 5.32 Å². The third kappa shape index (κ3) is 5.25. The van der Waals surface area contributed by atoms with Gasteiger partial charge in [-0.25, -0.2) is 9.37 Å². The molecule has 0 saturated heterocycles. The monoisotopic (exact) mass is 473 g/mol. The van der Waals surface area contributed by atoms with Gasteiger partial charge in [-0.2, -0.15) is 0 Å². The molecule has 0 spiro atoms. The van der Waals surface area contributed by atoms with E-state index < -0.39 is 0 Å². The molecule has 6 nitrogen and oxygen atoms in total. The van der Waals surface area contributed by atoms with Gasteiger partial charge in [0.15, 0.2) is 9.50 Å². The van der Waals surface area contributed by atoms with Crippen LogP contribution in [0.3, 0.4) is 0 Å². The predicted octanol–water partition coefficient (Wildman–Crippen LogP) is 5.46. The van der Waals surface area contributed by atoms with Crippen molar-refractivity contribution in [3.05, 3.63) is 60.2 Å². The molecule has 10 heteroatoms. The molecule has 160 valence electrons. The number of amides is 1. The molecule has 0 radical (unpaired) electrons. The van der Waals surface area contributed by atoms with Gasteiger partial charge in [-0.1, -0.05) is 35.7 Å². The third-order valence-electron chi connectivity index (χ3n) is 4.47. The zero-order chi connectivity index (χ0) is 21.8. The van der Waals surface area contributed by atoms with Crippen LogP contribution in [0.2, 0.25) is 0 Å². The molecular formula is C21H20FN5OS3. The zero-order valence-electron chi connectivity index (χ0n) is 16.9. The Balaban J connectivity index is 1.39. The summed E-state index contributed by atoms with van der Waals surface area (Å²) < 4.78 is 17.2. The van der Waals surface area contributed by atoms with E-state index in [1.54, 1.807) is 23.1 Å². The fourth-order valence-corrected chi connectivity index (χ4v) is 5.80. The molecule has 2 aromatic carbocycles. The Morgan fingerprint density at radius 1 is 1.19 bits per heavy atom. The summed E-state index contributed by atoms with van der Waals surface area (Å²) in [5, 5.41) is 11.7. The lowest BCUT2D eigenvalue weighted by molar-refractivity contribution is -0.115.